The Morgan fingerprint density at radius 2 is 1.82 bits per heavy atom. The molecule has 0 amide bonds. The molecule has 2 aliphatic rings. The molecule has 0 atom stereocenters. The molecule has 0 bridgehead atoms. The summed E-state index contributed by atoms with van der Waals surface area (Å²) in [7, 11) is 0. The first-order valence-electron chi connectivity index (χ1n) is 12.1. The van der Waals surface area contributed by atoms with Gasteiger partial charge in [-0.2, -0.15) is 0 Å². The Kier molecular flexibility index (Phi) is 6.13. The third-order valence-electron chi connectivity index (χ3n) is 7.14. The predicted molar refractivity (Wildman–Crippen MR) is 142 cm³/mol. The molecular formula is C27H31N5OS. The van der Waals surface area contributed by atoms with Gasteiger partial charge in [0.2, 0.25) is 5.95 Å². The molecular weight excluding hydrogens is 442 g/mol. The van der Waals surface area contributed by atoms with Crippen LogP contribution in [0.4, 0.5) is 5.95 Å². The summed E-state index contributed by atoms with van der Waals surface area (Å²) in [5, 5.41) is 3.52. The zero-order valence-corrected chi connectivity index (χ0v) is 20.6. The third kappa shape index (κ3) is 3.98. The third-order valence-corrected chi connectivity index (χ3v) is 7.39. The average molecular weight is 474 g/mol. The van der Waals surface area contributed by atoms with Crippen LogP contribution in [0.5, 0.6) is 0 Å². The van der Waals surface area contributed by atoms with E-state index >= 15 is 0 Å². The van der Waals surface area contributed by atoms with Gasteiger partial charge in [0.05, 0.1) is 16.9 Å². The van der Waals surface area contributed by atoms with Gasteiger partial charge >= 0.3 is 0 Å². The molecule has 3 N–H and O–H groups in total. The second kappa shape index (κ2) is 9.22. The summed E-state index contributed by atoms with van der Waals surface area (Å²) in [4.78, 5) is 19.5. The number of hydrogen-bond acceptors (Lipinski definition) is 4. The molecule has 1 aromatic heterocycles. The maximum atomic E-state index is 14.4. The van der Waals surface area contributed by atoms with E-state index in [0.717, 1.165) is 60.2 Å². The predicted octanol–water partition coefficient (Wildman–Crippen LogP) is 4.78. The molecule has 1 fully saturated rings. The van der Waals surface area contributed by atoms with Gasteiger partial charge in [-0.05, 0) is 63.0 Å². The summed E-state index contributed by atoms with van der Waals surface area (Å²) < 4.78 is 1.70. The number of thiocarbonyl (C=S) groups is 1. The SMILES string of the molecule is CCNC(=S)NNc1nc2c(c(=O)n1-c1ccc(C)cc1)C1(CCCCC1)Cc1ccccc1-2. The lowest BCUT2D eigenvalue weighted by Gasteiger charge is -2.42. The summed E-state index contributed by atoms with van der Waals surface area (Å²) in [5.41, 5.74) is 11.9. The minimum absolute atomic E-state index is 0.00363. The van der Waals surface area contributed by atoms with Gasteiger partial charge < -0.3 is 5.32 Å². The van der Waals surface area contributed by atoms with E-state index in [4.69, 9.17) is 17.2 Å². The van der Waals surface area contributed by atoms with E-state index in [2.05, 4.69) is 34.4 Å². The molecule has 0 radical (unpaired) electrons. The topological polar surface area (TPSA) is 71.0 Å². The summed E-state index contributed by atoms with van der Waals surface area (Å²) >= 11 is 5.34. The van der Waals surface area contributed by atoms with Crippen molar-refractivity contribution in [3.8, 4) is 16.9 Å². The van der Waals surface area contributed by atoms with Crippen molar-refractivity contribution in [2.45, 2.75) is 57.8 Å². The van der Waals surface area contributed by atoms with Gasteiger partial charge in [0.1, 0.15) is 0 Å². The van der Waals surface area contributed by atoms with Gasteiger partial charge in [-0.1, -0.05) is 61.2 Å². The van der Waals surface area contributed by atoms with E-state index < -0.39 is 0 Å². The first-order chi connectivity index (χ1) is 16.5. The second-order valence-electron chi connectivity index (χ2n) is 9.42. The fourth-order valence-electron chi connectivity index (χ4n) is 5.54. The molecule has 0 unspecified atom stereocenters. The lowest BCUT2D eigenvalue weighted by molar-refractivity contribution is 0.284. The highest BCUT2D eigenvalue weighted by Crippen LogP contribution is 2.48. The summed E-state index contributed by atoms with van der Waals surface area (Å²) in [6, 6.07) is 16.4. The standard InChI is InChI=1S/C27H31N5OS/c1-3-28-26(34)31-30-25-29-23-21-10-6-5-9-19(21)17-27(15-7-4-8-16-27)22(23)24(33)32(25)20-13-11-18(2)12-14-20/h5-6,9-14H,3-4,7-8,15-17H2,1-2H3,(H,29,30)(H2,28,31,34). The molecule has 2 aromatic carbocycles. The molecule has 0 aliphatic heterocycles. The fraction of sp³-hybridized carbons (Fsp3) is 0.370. The number of fused-ring (bicyclic) bond motifs is 4. The maximum absolute atomic E-state index is 14.4. The van der Waals surface area contributed by atoms with Crippen LogP contribution in [0.25, 0.3) is 16.9 Å². The minimum Gasteiger partial charge on any atom is -0.362 e. The number of hydrazine groups is 1. The van der Waals surface area contributed by atoms with Crippen LogP contribution in [0, 0.1) is 6.92 Å². The van der Waals surface area contributed by atoms with Crippen LogP contribution in [0.15, 0.2) is 53.3 Å². The van der Waals surface area contributed by atoms with Crippen LogP contribution in [-0.4, -0.2) is 21.2 Å². The van der Waals surface area contributed by atoms with Gasteiger partial charge in [-0.15, -0.1) is 0 Å². The number of hydrogen-bond donors (Lipinski definition) is 3. The van der Waals surface area contributed by atoms with Gasteiger partial charge in [-0.25, -0.2) is 9.55 Å². The van der Waals surface area contributed by atoms with Crippen LogP contribution in [0.2, 0.25) is 0 Å². The smallest absolute Gasteiger partial charge is 0.263 e. The molecule has 1 saturated carbocycles. The van der Waals surface area contributed by atoms with Crippen molar-refractivity contribution in [2.75, 3.05) is 12.0 Å². The van der Waals surface area contributed by atoms with E-state index in [1.807, 2.05) is 44.2 Å². The summed E-state index contributed by atoms with van der Waals surface area (Å²) in [6.07, 6.45) is 6.46. The Balaban J connectivity index is 1.75. The van der Waals surface area contributed by atoms with Gasteiger partial charge in [-0.3, -0.25) is 15.6 Å². The van der Waals surface area contributed by atoms with Gasteiger partial charge in [0.15, 0.2) is 5.11 Å². The quantitative estimate of drug-likeness (QED) is 0.374. The molecule has 5 rings (SSSR count). The summed E-state index contributed by atoms with van der Waals surface area (Å²) in [5.74, 6) is 0.426. The molecule has 176 valence electrons. The molecule has 34 heavy (non-hydrogen) atoms. The number of aromatic nitrogens is 2. The number of rotatable bonds is 4. The molecule has 0 saturated heterocycles. The normalized spacial score (nSPS) is 15.8. The van der Waals surface area contributed by atoms with E-state index in [1.165, 1.54) is 12.0 Å². The molecule has 1 heterocycles. The largest absolute Gasteiger partial charge is 0.362 e. The van der Waals surface area contributed by atoms with Crippen LogP contribution >= 0.6 is 12.2 Å². The number of aryl methyl sites for hydroxylation is 1. The van der Waals surface area contributed by atoms with Crippen molar-refractivity contribution in [1.29, 1.82) is 0 Å². The molecule has 3 aromatic rings. The van der Waals surface area contributed by atoms with Crippen LogP contribution in [0.1, 0.15) is 55.7 Å². The number of nitrogens with zero attached hydrogens (tertiary/aromatic N) is 2. The van der Waals surface area contributed by atoms with Crippen molar-refractivity contribution in [3.63, 3.8) is 0 Å². The van der Waals surface area contributed by atoms with E-state index in [9.17, 15) is 4.79 Å². The van der Waals surface area contributed by atoms with Crippen LogP contribution < -0.4 is 21.7 Å². The fourth-order valence-corrected chi connectivity index (χ4v) is 5.74. The van der Waals surface area contributed by atoms with Crippen molar-refractivity contribution in [1.82, 2.24) is 20.3 Å². The number of benzene rings is 2. The zero-order valence-electron chi connectivity index (χ0n) is 19.8. The van der Waals surface area contributed by atoms with E-state index in [-0.39, 0.29) is 11.0 Å². The maximum Gasteiger partial charge on any atom is 0.263 e. The monoisotopic (exact) mass is 473 g/mol. The second-order valence-corrected chi connectivity index (χ2v) is 9.83. The van der Waals surface area contributed by atoms with E-state index in [0.29, 0.717) is 17.6 Å². The van der Waals surface area contributed by atoms with Crippen LogP contribution in [0.3, 0.4) is 0 Å². The first kappa shape index (κ1) is 22.6. The zero-order chi connectivity index (χ0) is 23.7. The van der Waals surface area contributed by atoms with Crippen molar-refractivity contribution in [3.05, 3.63) is 75.6 Å². The molecule has 6 nitrogen and oxygen atoms in total. The van der Waals surface area contributed by atoms with Gasteiger partial charge in [0, 0.05) is 17.5 Å². The molecule has 2 aliphatic carbocycles. The lowest BCUT2D eigenvalue weighted by Crippen LogP contribution is -2.44. The highest BCUT2D eigenvalue weighted by Gasteiger charge is 2.43. The van der Waals surface area contributed by atoms with Crippen molar-refractivity contribution in [2.24, 2.45) is 0 Å². The molecule has 1 spiro atoms. The number of anilines is 1. The Morgan fingerprint density at radius 1 is 1.09 bits per heavy atom. The minimum atomic E-state index is -0.163. The Bertz CT molecular complexity index is 1280. The number of nitrogens with one attached hydrogen (secondary N) is 3. The van der Waals surface area contributed by atoms with E-state index in [1.54, 1.807) is 4.57 Å². The highest BCUT2D eigenvalue weighted by molar-refractivity contribution is 7.80. The Labute approximate surface area is 205 Å². The highest BCUT2D eigenvalue weighted by atomic mass is 32.1. The Hall–Kier alpha value is -3.19. The average Bonchev–Trinajstić information content (AvgIpc) is 2.84. The van der Waals surface area contributed by atoms with Gasteiger partial charge in [0.25, 0.3) is 5.56 Å². The summed E-state index contributed by atoms with van der Waals surface area (Å²) in [6.45, 7) is 4.72. The lowest BCUT2D eigenvalue weighted by atomic mass is 9.62. The molecule has 7 heteroatoms. The van der Waals surface area contributed by atoms with Crippen LogP contribution in [-0.2, 0) is 11.8 Å². The van der Waals surface area contributed by atoms with Crippen molar-refractivity contribution >= 4 is 23.3 Å². The van der Waals surface area contributed by atoms with Crippen molar-refractivity contribution < 1.29 is 0 Å². The Morgan fingerprint density at radius 3 is 2.56 bits per heavy atom. The first-order valence-corrected chi connectivity index (χ1v) is 12.6.